The lowest BCUT2D eigenvalue weighted by Gasteiger charge is -2.30. The second kappa shape index (κ2) is 8.19. The summed E-state index contributed by atoms with van der Waals surface area (Å²) in [7, 11) is 0. The first-order valence-corrected chi connectivity index (χ1v) is 8.29. The first kappa shape index (κ1) is 17.7. The molecule has 0 aliphatic rings. The number of carbonyl (C=O) groups excluding carboxylic acids is 1. The SMILES string of the molecule is CCC(CC)N(CCO)C(=O)c1c(SC)nc(=O)[nH]c1C. The molecule has 1 amide bonds. The van der Waals surface area contributed by atoms with Crippen LogP contribution in [0.15, 0.2) is 9.82 Å². The van der Waals surface area contributed by atoms with Crippen molar-refractivity contribution in [2.24, 2.45) is 0 Å². The molecule has 21 heavy (non-hydrogen) atoms. The van der Waals surface area contributed by atoms with Crippen molar-refractivity contribution >= 4 is 17.7 Å². The molecule has 0 aliphatic heterocycles. The Kier molecular flexibility index (Phi) is 6.91. The van der Waals surface area contributed by atoms with Gasteiger partial charge in [-0.05, 0) is 26.0 Å². The van der Waals surface area contributed by atoms with Crippen LogP contribution in [0, 0.1) is 6.92 Å². The fraction of sp³-hybridized carbons (Fsp3) is 0.643. The first-order chi connectivity index (χ1) is 9.99. The smallest absolute Gasteiger partial charge is 0.346 e. The zero-order valence-electron chi connectivity index (χ0n) is 13.0. The summed E-state index contributed by atoms with van der Waals surface area (Å²) in [6, 6.07) is 0.0608. The summed E-state index contributed by atoms with van der Waals surface area (Å²) in [5, 5.41) is 9.67. The van der Waals surface area contributed by atoms with Gasteiger partial charge in [-0.25, -0.2) is 4.79 Å². The maximum Gasteiger partial charge on any atom is 0.346 e. The van der Waals surface area contributed by atoms with Crippen LogP contribution < -0.4 is 5.69 Å². The zero-order valence-corrected chi connectivity index (χ0v) is 13.8. The first-order valence-electron chi connectivity index (χ1n) is 7.06. The lowest BCUT2D eigenvalue weighted by atomic mass is 10.1. The topological polar surface area (TPSA) is 86.3 Å². The molecule has 0 saturated carbocycles. The maximum absolute atomic E-state index is 12.8. The molecule has 7 heteroatoms. The number of aliphatic hydroxyl groups is 1. The van der Waals surface area contributed by atoms with E-state index in [0.29, 0.717) is 16.3 Å². The quantitative estimate of drug-likeness (QED) is 0.587. The molecule has 2 N–H and O–H groups in total. The molecular weight excluding hydrogens is 290 g/mol. The fourth-order valence-corrected chi connectivity index (χ4v) is 3.01. The largest absolute Gasteiger partial charge is 0.395 e. The third-order valence-corrected chi connectivity index (χ3v) is 4.16. The van der Waals surface area contributed by atoms with Crippen LogP contribution in [0.3, 0.4) is 0 Å². The minimum atomic E-state index is -0.454. The number of hydrogen-bond donors (Lipinski definition) is 2. The number of thioether (sulfide) groups is 1. The third-order valence-electron chi connectivity index (χ3n) is 3.48. The van der Waals surface area contributed by atoms with Crippen molar-refractivity contribution in [3.63, 3.8) is 0 Å². The van der Waals surface area contributed by atoms with Gasteiger partial charge in [0, 0.05) is 18.3 Å². The molecule has 0 radical (unpaired) electrons. The van der Waals surface area contributed by atoms with E-state index in [1.54, 1.807) is 18.1 Å². The molecule has 118 valence electrons. The van der Waals surface area contributed by atoms with E-state index in [4.69, 9.17) is 0 Å². The van der Waals surface area contributed by atoms with Crippen molar-refractivity contribution in [2.75, 3.05) is 19.4 Å². The predicted octanol–water partition coefficient (Wildman–Crippen LogP) is 1.42. The Hall–Kier alpha value is -1.34. The van der Waals surface area contributed by atoms with E-state index in [2.05, 4.69) is 9.97 Å². The summed E-state index contributed by atoms with van der Waals surface area (Å²) >= 11 is 1.27. The molecule has 0 saturated heterocycles. The number of aromatic amines is 1. The van der Waals surface area contributed by atoms with Gasteiger partial charge in [0.25, 0.3) is 5.91 Å². The van der Waals surface area contributed by atoms with E-state index in [1.807, 2.05) is 13.8 Å². The molecule has 6 nitrogen and oxygen atoms in total. The van der Waals surface area contributed by atoms with Gasteiger partial charge in [-0.2, -0.15) is 4.98 Å². The highest BCUT2D eigenvalue weighted by Crippen LogP contribution is 2.22. The second-order valence-electron chi connectivity index (χ2n) is 4.74. The highest BCUT2D eigenvalue weighted by atomic mass is 32.2. The number of H-pyrrole nitrogens is 1. The standard InChI is InChI=1S/C14H23N3O3S/c1-5-10(6-2)17(7-8-18)13(19)11-9(3)15-14(20)16-12(11)21-4/h10,18H,5-8H2,1-4H3,(H,15,16,20). The van der Waals surface area contributed by atoms with E-state index in [1.165, 1.54) is 11.8 Å². The number of carbonyl (C=O) groups is 1. The summed E-state index contributed by atoms with van der Waals surface area (Å²) in [6.07, 6.45) is 3.41. The van der Waals surface area contributed by atoms with Crippen molar-refractivity contribution in [3.8, 4) is 0 Å². The summed E-state index contributed by atoms with van der Waals surface area (Å²) in [6.45, 7) is 5.91. The minimum Gasteiger partial charge on any atom is -0.395 e. The van der Waals surface area contributed by atoms with Crippen LogP contribution in [0.25, 0.3) is 0 Å². The molecule has 0 aromatic carbocycles. The van der Waals surface area contributed by atoms with Crippen LogP contribution in [0.1, 0.15) is 42.7 Å². The molecule has 0 aliphatic carbocycles. The number of nitrogens with one attached hydrogen (secondary N) is 1. The average Bonchev–Trinajstić information content (AvgIpc) is 2.46. The zero-order chi connectivity index (χ0) is 16.0. The lowest BCUT2D eigenvalue weighted by Crippen LogP contribution is -2.42. The molecule has 0 bridgehead atoms. The summed E-state index contributed by atoms with van der Waals surface area (Å²) < 4.78 is 0. The van der Waals surface area contributed by atoms with Crippen molar-refractivity contribution in [1.29, 1.82) is 0 Å². The number of aryl methyl sites for hydroxylation is 1. The molecule has 1 aromatic heterocycles. The van der Waals surface area contributed by atoms with E-state index in [9.17, 15) is 14.7 Å². The molecule has 1 rings (SSSR count). The Morgan fingerprint density at radius 2 is 2.05 bits per heavy atom. The van der Waals surface area contributed by atoms with E-state index in [-0.39, 0.29) is 25.1 Å². The fourth-order valence-electron chi connectivity index (χ4n) is 2.39. The van der Waals surface area contributed by atoms with Gasteiger partial charge in [0.2, 0.25) is 0 Å². The highest BCUT2D eigenvalue weighted by molar-refractivity contribution is 7.98. The third kappa shape index (κ3) is 4.07. The maximum atomic E-state index is 12.8. The lowest BCUT2D eigenvalue weighted by molar-refractivity contribution is 0.0616. The molecule has 0 atom stereocenters. The van der Waals surface area contributed by atoms with Crippen molar-refractivity contribution in [3.05, 3.63) is 21.7 Å². The number of hydrogen-bond acceptors (Lipinski definition) is 5. The van der Waals surface area contributed by atoms with Crippen LogP contribution in [0.2, 0.25) is 0 Å². The van der Waals surface area contributed by atoms with Crippen LogP contribution in [-0.2, 0) is 0 Å². The Bertz CT molecular complexity index is 541. The van der Waals surface area contributed by atoms with Gasteiger partial charge in [0.1, 0.15) is 5.03 Å². The van der Waals surface area contributed by atoms with Gasteiger partial charge >= 0.3 is 5.69 Å². The molecule has 1 heterocycles. The van der Waals surface area contributed by atoms with Gasteiger partial charge in [-0.3, -0.25) is 4.79 Å². The molecule has 1 aromatic rings. The number of aliphatic hydroxyl groups excluding tert-OH is 1. The number of rotatable bonds is 7. The van der Waals surface area contributed by atoms with Crippen LogP contribution >= 0.6 is 11.8 Å². The predicted molar refractivity (Wildman–Crippen MR) is 83.9 cm³/mol. The number of amides is 1. The van der Waals surface area contributed by atoms with Gasteiger partial charge in [-0.15, -0.1) is 11.8 Å². The van der Waals surface area contributed by atoms with Crippen LogP contribution in [-0.4, -0.2) is 51.3 Å². The normalized spacial score (nSPS) is 11.0. The van der Waals surface area contributed by atoms with Crippen LogP contribution in [0.4, 0.5) is 0 Å². The second-order valence-corrected chi connectivity index (χ2v) is 5.54. The van der Waals surface area contributed by atoms with E-state index >= 15 is 0 Å². The highest BCUT2D eigenvalue weighted by Gasteiger charge is 2.26. The average molecular weight is 313 g/mol. The van der Waals surface area contributed by atoms with E-state index in [0.717, 1.165) is 12.8 Å². The van der Waals surface area contributed by atoms with Crippen molar-refractivity contribution in [2.45, 2.75) is 44.7 Å². The van der Waals surface area contributed by atoms with Crippen molar-refractivity contribution < 1.29 is 9.90 Å². The summed E-state index contributed by atoms with van der Waals surface area (Å²) in [4.78, 5) is 32.4. The molecule has 0 spiro atoms. The minimum absolute atomic E-state index is 0.0608. The van der Waals surface area contributed by atoms with Crippen molar-refractivity contribution in [1.82, 2.24) is 14.9 Å². The van der Waals surface area contributed by atoms with Gasteiger partial charge in [0.05, 0.1) is 12.2 Å². The molecule has 0 fully saturated rings. The van der Waals surface area contributed by atoms with Gasteiger partial charge in [-0.1, -0.05) is 13.8 Å². The van der Waals surface area contributed by atoms with Gasteiger partial charge < -0.3 is 15.0 Å². The van der Waals surface area contributed by atoms with E-state index < -0.39 is 5.69 Å². The monoisotopic (exact) mass is 313 g/mol. The summed E-state index contributed by atoms with van der Waals surface area (Å²) in [5.74, 6) is -0.191. The summed E-state index contributed by atoms with van der Waals surface area (Å²) in [5.41, 5.74) is 0.477. The molecule has 0 unspecified atom stereocenters. The Labute approximate surface area is 129 Å². The number of nitrogens with zero attached hydrogens (tertiary/aromatic N) is 2. The molecular formula is C14H23N3O3S. The Morgan fingerprint density at radius 3 is 2.52 bits per heavy atom. The van der Waals surface area contributed by atoms with Gasteiger partial charge in [0.15, 0.2) is 0 Å². The Balaban J connectivity index is 3.29. The number of aromatic nitrogens is 2. The van der Waals surface area contributed by atoms with Crippen LogP contribution in [0.5, 0.6) is 0 Å². The Morgan fingerprint density at radius 1 is 1.43 bits per heavy atom.